The van der Waals surface area contributed by atoms with Gasteiger partial charge in [-0.05, 0) is 29.1 Å². The first-order valence-electron chi connectivity index (χ1n) is 9.10. The van der Waals surface area contributed by atoms with E-state index in [2.05, 4.69) is 56.7 Å². The van der Waals surface area contributed by atoms with Crippen molar-refractivity contribution in [2.75, 3.05) is 51.8 Å². The van der Waals surface area contributed by atoms with Gasteiger partial charge in [0, 0.05) is 45.7 Å². The fraction of sp³-hybridized carbons (Fsp3) is 0.450. The number of methoxy groups -OCH3 is 1. The molecule has 6 heteroatoms. The molecule has 1 aliphatic heterocycles. The molecule has 1 aromatic heterocycles. The van der Waals surface area contributed by atoms with Gasteiger partial charge < -0.3 is 19.9 Å². The summed E-state index contributed by atoms with van der Waals surface area (Å²) in [4.78, 5) is 9.29. The predicted molar refractivity (Wildman–Crippen MR) is 111 cm³/mol. The van der Waals surface area contributed by atoms with Crippen LogP contribution in [0.5, 0.6) is 5.75 Å². The fourth-order valence-corrected chi connectivity index (χ4v) is 4.13. The van der Waals surface area contributed by atoms with Gasteiger partial charge in [0.05, 0.1) is 12.1 Å². The van der Waals surface area contributed by atoms with Crippen LogP contribution in [0.15, 0.2) is 46.8 Å². The number of hydrogen-bond acceptors (Lipinski definition) is 4. The Hall–Kier alpha value is -2.21. The van der Waals surface area contributed by atoms with Crippen LogP contribution < -0.4 is 15.0 Å². The van der Waals surface area contributed by atoms with E-state index in [4.69, 9.17) is 4.74 Å². The molecule has 2 heterocycles. The molecule has 1 N–H and O–H groups in total. The lowest BCUT2D eigenvalue weighted by Gasteiger charge is -2.37. The second kappa shape index (κ2) is 8.94. The van der Waals surface area contributed by atoms with Crippen molar-refractivity contribution >= 4 is 22.3 Å². The Labute approximate surface area is 160 Å². The normalized spacial score (nSPS) is 16.5. The van der Waals surface area contributed by atoms with Crippen LogP contribution in [0.2, 0.25) is 0 Å². The predicted octanol–water partition coefficient (Wildman–Crippen LogP) is 3.26. The summed E-state index contributed by atoms with van der Waals surface area (Å²) in [6.45, 7) is 7.08. The molecule has 26 heavy (non-hydrogen) atoms. The minimum Gasteiger partial charge on any atom is -0.496 e. The number of nitrogens with one attached hydrogen (secondary N) is 1. The van der Waals surface area contributed by atoms with E-state index in [1.165, 1.54) is 10.6 Å². The third-order valence-corrected chi connectivity index (χ3v) is 5.77. The molecule has 0 amide bonds. The van der Waals surface area contributed by atoms with E-state index >= 15 is 0 Å². The number of benzene rings is 1. The summed E-state index contributed by atoms with van der Waals surface area (Å²) in [7, 11) is 3.59. The van der Waals surface area contributed by atoms with Crippen LogP contribution in [0, 0.1) is 0 Å². The number of aliphatic imine (C=N–C) groups is 1. The van der Waals surface area contributed by atoms with E-state index in [9.17, 15) is 0 Å². The van der Waals surface area contributed by atoms with Crippen LogP contribution in [-0.4, -0.2) is 57.7 Å². The first-order valence-corrected chi connectivity index (χ1v) is 9.98. The highest BCUT2D eigenvalue weighted by molar-refractivity contribution is 7.14. The molecule has 1 atom stereocenters. The van der Waals surface area contributed by atoms with Gasteiger partial charge in [0.1, 0.15) is 5.75 Å². The van der Waals surface area contributed by atoms with Crippen molar-refractivity contribution < 1.29 is 4.74 Å². The van der Waals surface area contributed by atoms with Gasteiger partial charge in [0.2, 0.25) is 0 Å². The van der Waals surface area contributed by atoms with Gasteiger partial charge >= 0.3 is 0 Å². The van der Waals surface area contributed by atoms with Crippen LogP contribution in [0.1, 0.15) is 18.4 Å². The molecule has 1 fully saturated rings. The molecule has 140 valence electrons. The molecule has 0 bridgehead atoms. The van der Waals surface area contributed by atoms with Gasteiger partial charge in [-0.1, -0.05) is 25.1 Å². The number of anilines is 1. The highest BCUT2D eigenvalue weighted by Crippen LogP contribution is 2.26. The standard InChI is InChI=1S/C20H28N4OS/c1-16(17-7-4-5-8-18(17)25-3)15-22-20(21-2)24-12-10-23(11-13-24)19-9-6-14-26-19/h4-9,14,16H,10-13,15H2,1-3H3,(H,21,22). The maximum atomic E-state index is 5.49. The van der Waals surface area contributed by atoms with Crippen molar-refractivity contribution in [3.05, 3.63) is 47.3 Å². The lowest BCUT2D eigenvalue weighted by molar-refractivity contribution is 0.371. The molecule has 1 aromatic carbocycles. The highest BCUT2D eigenvalue weighted by atomic mass is 32.1. The van der Waals surface area contributed by atoms with Gasteiger partial charge in [-0.2, -0.15) is 0 Å². The Morgan fingerprint density at radius 1 is 1.19 bits per heavy atom. The summed E-state index contributed by atoms with van der Waals surface area (Å²) in [6.07, 6.45) is 0. The van der Waals surface area contributed by atoms with E-state index in [0.29, 0.717) is 5.92 Å². The van der Waals surface area contributed by atoms with E-state index in [1.807, 2.05) is 30.5 Å². The Balaban J connectivity index is 1.54. The molecule has 2 aromatic rings. The second-order valence-corrected chi connectivity index (χ2v) is 7.42. The number of hydrogen-bond donors (Lipinski definition) is 1. The van der Waals surface area contributed by atoms with Crippen LogP contribution in [0.25, 0.3) is 0 Å². The molecule has 1 aliphatic rings. The average Bonchev–Trinajstić information content (AvgIpc) is 3.23. The molecule has 5 nitrogen and oxygen atoms in total. The zero-order chi connectivity index (χ0) is 18.4. The number of para-hydroxylation sites is 1. The molecule has 1 saturated heterocycles. The molecule has 1 unspecified atom stereocenters. The first kappa shape index (κ1) is 18.6. The minimum absolute atomic E-state index is 0.343. The van der Waals surface area contributed by atoms with Crippen molar-refractivity contribution in [2.45, 2.75) is 12.8 Å². The van der Waals surface area contributed by atoms with Crippen LogP contribution in [-0.2, 0) is 0 Å². The topological polar surface area (TPSA) is 40.1 Å². The Morgan fingerprint density at radius 3 is 2.62 bits per heavy atom. The van der Waals surface area contributed by atoms with E-state index < -0.39 is 0 Å². The van der Waals surface area contributed by atoms with Gasteiger partial charge in [-0.3, -0.25) is 4.99 Å². The first-order chi connectivity index (χ1) is 12.7. The van der Waals surface area contributed by atoms with Crippen molar-refractivity contribution in [1.29, 1.82) is 0 Å². The van der Waals surface area contributed by atoms with E-state index in [0.717, 1.165) is 44.4 Å². The molecule has 3 rings (SSSR count). The van der Waals surface area contributed by atoms with Crippen molar-refractivity contribution in [2.24, 2.45) is 4.99 Å². The highest BCUT2D eigenvalue weighted by Gasteiger charge is 2.21. The molecular formula is C20H28N4OS. The Morgan fingerprint density at radius 2 is 1.96 bits per heavy atom. The van der Waals surface area contributed by atoms with Gasteiger partial charge in [0.15, 0.2) is 5.96 Å². The zero-order valence-corrected chi connectivity index (χ0v) is 16.6. The van der Waals surface area contributed by atoms with Gasteiger partial charge in [-0.15, -0.1) is 11.3 Å². The maximum Gasteiger partial charge on any atom is 0.193 e. The van der Waals surface area contributed by atoms with Gasteiger partial charge in [0.25, 0.3) is 0 Å². The van der Waals surface area contributed by atoms with Crippen molar-refractivity contribution in [3.8, 4) is 5.75 Å². The SMILES string of the molecule is CN=C(NCC(C)c1ccccc1OC)N1CCN(c2cccs2)CC1. The molecular weight excluding hydrogens is 344 g/mol. The fourth-order valence-electron chi connectivity index (χ4n) is 3.35. The minimum atomic E-state index is 0.343. The largest absolute Gasteiger partial charge is 0.496 e. The third-order valence-electron chi connectivity index (χ3n) is 4.85. The Bertz CT molecular complexity index is 708. The summed E-state index contributed by atoms with van der Waals surface area (Å²) in [5, 5.41) is 7.04. The van der Waals surface area contributed by atoms with E-state index in [-0.39, 0.29) is 0 Å². The maximum absolute atomic E-state index is 5.49. The van der Waals surface area contributed by atoms with Crippen LogP contribution >= 0.6 is 11.3 Å². The Kier molecular flexibility index (Phi) is 6.39. The monoisotopic (exact) mass is 372 g/mol. The molecule has 0 aliphatic carbocycles. The summed E-state index contributed by atoms with van der Waals surface area (Å²) >= 11 is 1.81. The molecule has 0 saturated carbocycles. The summed E-state index contributed by atoms with van der Waals surface area (Å²) in [5.74, 6) is 2.27. The average molecular weight is 373 g/mol. The van der Waals surface area contributed by atoms with Crippen molar-refractivity contribution in [1.82, 2.24) is 10.2 Å². The smallest absolute Gasteiger partial charge is 0.193 e. The number of piperazine rings is 1. The number of guanidine groups is 1. The number of thiophene rings is 1. The van der Waals surface area contributed by atoms with Crippen LogP contribution in [0.3, 0.4) is 0 Å². The third kappa shape index (κ3) is 4.30. The molecule has 0 spiro atoms. The number of rotatable bonds is 5. The van der Waals surface area contributed by atoms with Crippen molar-refractivity contribution in [3.63, 3.8) is 0 Å². The number of ether oxygens (including phenoxy) is 1. The van der Waals surface area contributed by atoms with E-state index in [1.54, 1.807) is 7.11 Å². The van der Waals surface area contributed by atoms with Gasteiger partial charge in [-0.25, -0.2) is 0 Å². The summed E-state index contributed by atoms with van der Waals surface area (Å²) in [5.41, 5.74) is 1.22. The summed E-state index contributed by atoms with van der Waals surface area (Å²) < 4.78 is 5.49. The van der Waals surface area contributed by atoms with Crippen LogP contribution in [0.4, 0.5) is 5.00 Å². The lowest BCUT2D eigenvalue weighted by atomic mass is 10.0. The second-order valence-electron chi connectivity index (χ2n) is 6.50. The summed E-state index contributed by atoms with van der Waals surface area (Å²) in [6, 6.07) is 12.5. The number of nitrogens with zero attached hydrogens (tertiary/aromatic N) is 3. The quantitative estimate of drug-likeness (QED) is 0.646. The zero-order valence-electron chi connectivity index (χ0n) is 15.8. The lowest BCUT2D eigenvalue weighted by Crippen LogP contribution is -2.52. The molecule has 0 radical (unpaired) electrons.